The van der Waals surface area contributed by atoms with Gasteiger partial charge in [0.2, 0.25) is 0 Å². The molecule has 78 valence electrons. The van der Waals surface area contributed by atoms with Crippen molar-refractivity contribution in [3.8, 4) is 0 Å². The van der Waals surface area contributed by atoms with Crippen LogP contribution in [0.2, 0.25) is 0 Å². The number of unbranched alkanes of at least 4 members (excludes halogenated alkanes) is 2. The van der Waals surface area contributed by atoms with Crippen LogP contribution in [0.15, 0.2) is 0 Å². The molecule has 1 rings (SSSR count). The molecule has 1 fully saturated rings. The molecule has 0 amide bonds. The van der Waals surface area contributed by atoms with E-state index in [-0.39, 0.29) is 0 Å². The third kappa shape index (κ3) is 2.98. The van der Waals surface area contributed by atoms with E-state index in [1.165, 1.54) is 45.1 Å². The maximum Gasteiger partial charge on any atom is 0.0110 e. The van der Waals surface area contributed by atoms with Crippen molar-refractivity contribution in [2.75, 3.05) is 6.54 Å². The van der Waals surface area contributed by atoms with Crippen LogP contribution in [0.3, 0.4) is 0 Å². The molecule has 1 unspecified atom stereocenters. The lowest BCUT2D eigenvalue weighted by Gasteiger charge is -2.45. The van der Waals surface area contributed by atoms with Crippen molar-refractivity contribution in [2.24, 2.45) is 0 Å². The summed E-state index contributed by atoms with van der Waals surface area (Å²) in [5, 5.41) is 0. The smallest absolute Gasteiger partial charge is 0.0110 e. The maximum absolute atomic E-state index is 2.69. The molecule has 0 bridgehead atoms. The molecule has 1 nitrogen and oxygen atoms in total. The zero-order valence-electron chi connectivity index (χ0n) is 9.55. The Hall–Kier alpha value is -0.0400. The minimum absolute atomic E-state index is 0.820. The van der Waals surface area contributed by atoms with Crippen LogP contribution >= 0.6 is 0 Å². The Morgan fingerprint density at radius 3 is 2.54 bits per heavy atom. The van der Waals surface area contributed by atoms with Crippen LogP contribution in [0, 0.1) is 0 Å². The summed E-state index contributed by atoms with van der Waals surface area (Å²) in [6.07, 6.45) is 8.42. The molecule has 0 saturated carbocycles. The average Bonchev–Trinajstić information content (AvgIpc) is 2.10. The molecule has 13 heavy (non-hydrogen) atoms. The SMILES string of the molecule is CCCCCC1CCN1[C@H](C)CC. The molecule has 0 aromatic carbocycles. The van der Waals surface area contributed by atoms with Crippen molar-refractivity contribution in [1.82, 2.24) is 4.90 Å². The van der Waals surface area contributed by atoms with Crippen LogP contribution in [0.5, 0.6) is 0 Å². The van der Waals surface area contributed by atoms with Crippen LogP contribution in [0.1, 0.15) is 59.3 Å². The van der Waals surface area contributed by atoms with Gasteiger partial charge in [0.1, 0.15) is 0 Å². The Labute approximate surface area is 83.5 Å². The third-order valence-electron chi connectivity index (χ3n) is 3.49. The predicted octanol–water partition coefficient (Wildman–Crippen LogP) is 3.44. The predicted molar refractivity (Wildman–Crippen MR) is 59.0 cm³/mol. The molecule has 1 aliphatic heterocycles. The molecule has 0 aliphatic carbocycles. The van der Waals surface area contributed by atoms with Gasteiger partial charge in [-0.05, 0) is 26.2 Å². The van der Waals surface area contributed by atoms with Gasteiger partial charge in [-0.3, -0.25) is 4.90 Å². The highest BCUT2D eigenvalue weighted by Gasteiger charge is 2.29. The molecule has 2 atom stereocenters. The normalized spacial score (nSPS) is 25.6. The van der Waals surface area contributed by atoms with E-state index < -0.39 is 0 Å². The van der Waals surface area contributed by atoms with Gasteiger partial charge in [0.15, 0.2) is 0 Å². The fourth-order valence-corrected chi connectivity index (χ4v) is 2.22. The van der Waals surface area contributed by atoms with Gasteiger partial charge < -0.3 is 0 Å². The highest BCUT2D eigenvalue weighted by Crippen LogP contribution is 2.26. The Morgan fingerprint density at radius 2 is 2.08 bits per heavy atom. The fourth-order valence-electron chi connectivity index (χ4n) is 2.22. The summed E-state index contributed by atoms with van der Waals surface area (Å²) < 4.78 is 0. The molecule has 1 heteroatoms. The van der Waals surface area contributed by atoms with Crippen molar-refractivity contribution >= 4 is 0 Å². The minimum atomic E-state index is 0.820. The van der Waals surface area contributed by atoms with Gasteiger partial charge in [0, 0.05) is 18.6 Å². The van der Waals surface area contributed by atoms with Crippen molar-refractivity contribution in [3.05, 3.63) is 0 Å². The Bertz CT molecular complexity index is 133. The van der Waals surface area contributed by atoms with Crippen LogP contribution in [0.25, 0.3) is 0 Å². The van der Waals surface area contributed by atoms with Gasteiger partial charge in [-0.2, -0.15) is 0 Å². The van der Waals surface area contributed by atoms with E-state index in [2.05, 4.69) is 25.7 Å². The quantitative estimate of drug-likeness (QED) is 0.570. The summed E-state index contributed by atoms with van der Waals surface area (Å²) in [5.41, 5.74) is 0. The first-order valence-electron chi connectivity index (χ1n) is 6.05. The fraction of sp³-hybridized carbons (Fsp3) is 1.00. The summed E-state index contributed by atoms with van der Waals surface area (Å²) in [6, 6.07) is 1.75. The third-order valence-corrected chi connectivity index (χ3v) is 3.49. The lowest BCUT2D eigenvalue weighted by molar-refractivity contribution is 0.0401. The first-order valence-corrected chi connectivity index (χ1v) is 6.05. The molecule has 1 saturated heterocycles. The van der Waals surface area contributed by atoms with Gasteiger partial charge >= 0.3 is 0 Å². The van der Waals surface area contributed by atoms with E-state index in [9.17, 15) is 0 Å². The van der Waals surface area contributed by atoms with E-state index in [0.717, 1.165) is 12.1 Å². The summed E-state index contributed by atoms with van der Waals surface area (Å²) in [6.45, 7) is 8.30. The van der Waals surface area contributed by atoms with Crippen LogP contribution in [-0.4, -0.2) is 23.5 Å². The topological polar surface area (TPSA) is 3.24 Å². The lowest BCUT2D eigenvalue weighted by atomic mass is 9.94. The second-order valence-electron chi connectivity index (χ2n) is 4.43. The molecule has 0 aromatic rings. The summed E-state index contributed by atoms with van der Waals surface area (Å²) in [7, 11) is 0. The maximum atomic E-state index is 2.69. The first kappa shape index (κ1) is 11.0. The summed E-state index contributed by atoms with van der Waals surface area (Å²) >= 11 is 0. The molecule has 0 spiro atoms. The van der Waals surface area contributed by atoms with Crippen molar-refractivity contribution in [1.29, 1.82) is 0 Å². The minimum Gasteiger partial charge on any atom is -0.298 e. The summed E-state index contributed by atoms with van der Waals surface area (Å²) in [5.74, 6) is 0. The van der Waals surface area contributed by atoms with Crippen LogP contribution < -0.4 is 0 Å². The number of rotatable bonds is 6. The Kier molecular flexibility index (Phi) is 4.79. The first-order chi connectivity index (χ1) is 6.29. The molecular weight excluding hydrogens is 158 g/mol. The highest BCUT2D eigenvalue weighted by atomic mass is 15.2. The number of nitrogens with zero attached hydrogens (tertiary/aromatic N) is 1. The van der Waals surface area contributed by atoms with Gasteiger partial charge in [-0.1, -0.05) is 33.1 Å². The molecule has 0 radical (unpaired) electrons. The monoisotopic (exact) mass is 183 g/mol. The van der Waals surface area contributed by atoms with E-state index in [1.807, 2.05) is 0 Å². The number of hydrogen-bond donors (Lipinski definition) is 0. The molecule has 1 aliphatic rings. The molecule has 0 N–H and O–H groups in total. The molecule has 0 aromatic heterocycles. The summed E-state index contributed by atoms with van der Waals surface area (Å²) in [4.78, 5) is 2.69. The largest absolute Gasteiger partial charge is 0.298 e. The second kappa shape index (κ2) is 5.64. The van der Waals surface area contributed by atoms with Gasteiger partial charge in [-0.15, -0.1) is 0 Å². The van der Waals surface area contributed by atoms with Crippen LogP contribution in [0.4, 0.5) is 0 Å². The lowest BCUT2D eigenvalue weighted by Crippen LogP contribution is -2.51. The van der Waals surface area contributed by atoms with Crippen molar-refractivity contribution in [3.63, 3.8) is 0 Å². The van der Waals surface area contributed by atoms with E-state index in [1.54, 1.807) is 0 Å². The zero-order valence-corrected chi connectivity index (χ0v) is 9.55. The van der Waals surface area contributed by atoms with Gasteiger partial charge in [0.05, 0.1) is 0 Å². The van der Waals surface area contributed by atoms with Crippen LogP contribution in [-0.2, 0) is 0 Å². The van der Waals surface area contributed by atoms with Gasteiger partial charge in [0.25, 0.3) is 0 Å². The number of likely N-dealkylation sites (tertiary alicyclic amines) is 1. The zero-order chi connectivity index (χ0) is 9.68. The Balaban J connectivity index is 2.13. The van der Waals surface area contributed by atoms with Crippen molar-refractivity contribution in [2.45, 2.75) is 71.4 Å². The van der Waals surface area contributed by atoms with Crippen molar-refractivity contribution < 1.29 is 0 Å². The second-order valence-corrected chi connectivity index (χ2v) is 4.43. The molecular formula is C12H25N. The Morgan fingerprint density at radius 1 is 1.31 bits per heavy atom. The van der Waals surface area contributed by atoms with Gasteiger partial charge in [-0.25, -0.2) is 0 Å². The van der Waals surface area contributed by atoms with E-state index >= 15 is 0 Å². The highest BCUT2D eigenvalue weighted by molar-refractivity contribution is 4.85. The number of hydrogen-bond acceptors (Lipinski definition) is 1. The standard InChI is InChI=1S/C12H25N/c1-4-6-7-8-12-9-10-13(12)11(3)5-2/h11-12H,4-10H2,1-3H3/t11-,12?/m1/s1. The molecule has 1 heterocycles. The van der Waals surface area contributed by atoms with E-state index in [0.29, 0.717) is 0 Å². The average molecular weight is 183 g/mol. The van der Waals surface area contributed by atoms with E-state index in [4.69, 9.17) is 0 Å².